The molecule has 1 fully saturated rings. The quantitative estimate of drug-likeness (QED) is 0.840. The number of amides is 1. The normalized spacial score (nSPS) is 21.9. The van der Waals surface area contributed by atoms with Crippen molar-refractivity contribution < 1.29 is 9.32 Å². The lowest BCUT2D eigenvalue weighted by Crippen LogP contribution is -2.47. The summed E-state index contributed by atoms with van der Waals surface area (Å²) in [7, 11) is 0. The molecule has 0 radical (unpaired) electrons. The van der Waals surface area contributed by atoms with E-state index in [9.17, 15) is 4.79 Å². The fourth-order valence-electron chi connectivity index (χ4n) is 3.37. The maximum absolute atomic E-state index is 13.1. The zero-order valence-electron chi connectivity index (χ0n) is 13.4. The molecular formula is C18H22N2O2. The van der Waals surface area contributed by atoms with E-state index >= 15 is 0 Å². The van der Waals surface area contributed by atoms with E-state index in [2.05, 4.69) is 19.0 Å². The second-order valence-electron chi connectivity index (χ2n) is 6.17. The highest BCUT2D eigenvalue weighted by atomic mass is 16.5. The highest BCUT2D eigenvalue weighted by Gasteiger charge is 2.33. The van der Waals surface area contributed by atoms with Gasteiger partial charge in [-0.1, -0.05) is 35.5 Å². The number of nitrogens with zero attached hydrogens (tertiary/aromatic N) is 2. The number of piperidine rings is 1. The smallest absolute Gasteiger partial charge is 0.260 e. The first-order chi connectivity index (χ1) is 10.6. The van der Waals surface area contributed by atoms with Crippen LogP contribution >= 0.6 is 0 Å². The average molecular weight is 298 g/mol. The molecule has 4 nitrogen and oxygen atoms in total. The Balaban J connectivity index is 2.01. The van der Waals surface area contributed by atoms with Crippen molar-refractivity contribution in [3.8, 4) is 11.3 Å². The Morgan fingerprint density at radius 2 is 1.82 bits per heavy atom. The first-order valence-electron chi connectivity index (χ1n) is 7.94. The Labute approximate surface area is 131 Å². The molecule has 3 rings (SSSR count). The summed E-state index contributed by atoms with van der Waals surface area (Å²) >= 11 is 0. The number of aromatic nitrogens is 1. The van der Waals surface area contributed by atoms with Crippen LogP contribution in [0.15, 0.2) is 34.9 Å². The second-order valence-corrected chi connectivity index (χ2v) is 6.17. The van der Waals surface area contributed by atoms with E-state index < -0.39 is 0 Å². The van der Waals surface area contributed by atoms with Gasteiger partial charge in [0.15, 0.2) is 0 Å². The van der Waals surface area contributed by atoms with E-state index in [1.54, 1.807) is 0 Å². The summed E-state index contributed by atoms with van der Waals surface area (Å²) in [4.78, 5) is 15.1. The summed E-state index contributed by atoms with van der Waals surface area (Å²) < 4.78 is 5.33. The summed E-state index contributed by atoms with van der Waals surface area (Å²) in [6.07, 6.45) is 3.29. The van der Waals surface area contributed by atoms with Crippen LogP contribution in [0.3, 0.4) is 0 Å². The molecular weight excluding hydrogens is 276 g/mol. The minimum atomic E-state index is 0.0392. The molecule has 116 valence electrons. The third-order valence-corrected chi connectivity index (χ3v) is 4.55. The Morgan fingerprint density at radius 3 is 2.45 bits per heavy atom. The monoisotopic (exact) mass is 298 g/mol. The number of likely N-dealkylation sites (tertiary alicyclic amines) is 1. The van der Waals surface area contributed by atoms with E-state index in [0.717, 1.165) is 18.4 Å². The molecule has 1 aromatic carbocycles. The lowest BCUT2D eigenvalue weighted by Gasteiger charge is -2.39. The topological polar surface area (TPSA) is 46.3 Å². The molecule has 1 saturated heterocycles. The number of carbonyl (C=O) groups is 1. The molecule has 2 aromatic rings. The molecule has 2 unspecified atom stereocenters. The summed E-state index contributed by atoms with van der Waals surface area (Å²) in [5.74, 6) is 0.631. The van der Waals surface area contributed by atoms with Crippen molar-refractivity contribution >= 4 is 5.91 Å². The van der Waals surface area contributed by atoms with Gasteiger partial charge in [0.2, 0.25) is 0 Å². The van der Waals surface area contributed by atoms with Gasteiger partial charge in [-0.05, 0) is 40.0 Å². The molecule has 0 spiro atoms. The molecule has 0 aliphatic carbocycles. The van der Waals surface area contributed by atoms with Gasteiger partial charge in [0.25, 0.3) is 5.91 Å². The van der Waals surface area contributed by atoms with Crippen LogP contribution in [0.2, 0.25) is 0 Å². The van der Waals surface area contributed by atoms with Crippen molar-refractivity contribution in [3.05, 3.63) is 41.7 Å². The van der Waals surface area contributed by atoms with Crippen LogP contribution in [0, 0.1) is 6.92 Å². The molecule has 2 atom stereocenters. The Kier molecular flexibility index (Phi) is 4.01. The van der Waals surface area contributed by atoms with Crippen LogP contribution in [-0.4, -0.2) is 28.0 Å². The molecule has 0 N–H and O–H groups in total. The van der Waals surface area contributed by atoms with Gasteiger partial charge in [0.05, 0.1) is 0 Å². The Bertz CT molecular complexity index is 653. The second kappa shape index (κ2) is 5.95. The maximum atomic E-state index is 13.1. The van der Waals surface area contributed by atoms with Gasteiger partial charge in [0.1, 0.15) is 17.0 Å². The summed E-state index contributed by atoms with van der Waals surface area (Å²) in [5.41, 5.74) is 2.17. The van der Waals surface area contributed by atoms with E-state index in [-0.39, 0.29) is 18.0 Å². The molecule has 1 aromatic heterocycles. The zero-order valence-corrected chi connectivity index (χ0v) is 13.4. The molecule has 1 amide bonds. The Hall–Kier alpha value is -2.10. The third-order valence-electron chi connectivity index (χ3n) is 4.55. The van der Waals surface area contributed by atoms with Gasteiger partial charge in [-0.15, -0.1) is 0 Å². The molecule has 22 heavy (non-hydrogen) atoms. The highest BCUT2D eigenvalue weighted by Crippen LogP contribution is 2.30. The number of rotatable bonds is 2. The zero-order chi connectivity index (χ0) is 15.7. The molecule has 4 heteroatoms. The van der Waals surface area contributed by atoms with Crippen LogP contribution in [0.1, 0.15) is 49.2 Å². The van der Waals surface area contributed by atoms with Crippen LogP contribution in [-0.2, 0) is 0 Å². The van der Waals surface area contributed by atoms with E-state index in [0.29, 0.717) is 17.0 Å². The third kappa shape index (κ3) is 2.54. The average Bonchev–Trinajstić information content (AvgIpc) is 2.89. The van der Waals surface area contributed by atoms with Gasteiger partial charge in [-0.25, -0.2) is 0 Å². The molecule has 2 heterocycles. The van der Waals surface area contributed by atoms with Gasteiger partial charge in [-0.2, -0.15) is 0 Å². The van der Waals surface area contributed by atoms with Gasteiger partial charge in [-0.3, -0.25) is 4.79 Å². The summed E-state index contributed by atoms with van der Waals surface area (Å²) in [6.45, 7) is 6.06. The first kappa shape index (κ1) is 14.8. The number of hydrogen-bond donors (Lipinski definition) is 0. The van der Waals surface area contributed by atoms with Crippen molar-refractivity contribution in [2.24, 2.45) is 0 Å². The van der Waals surface area contributed by atoms with Crippen LogP contribution < -0.4 is 0 Å². The predicted molar refractivity (Wildman–Crippen MR) is 85.6 cm³/mol. The van der Waals surface area contributed by atoms with E-state index in [4.69, 9.17) is 4.52 Å². The van der Waals surface area contributed by atoms with Crippen molar-refractivity contribution in [1.29, 1.82) is 0 Å². The minimum absolute atomic E-state index is 0.0392. The number of hydrogen-bond acceptors (Lipinski definition) is 3. The standard InChI is InChI=1S/C18H22N2O2/c1-12-8-7-9-13(2)20(12)18(21)16-14(3)22-19-17(16)15-10-5-4-6-11-15/h4-6,10-13H,7-9H2,1-3H3. The van der Waals surface area contributed by atoms with E-state index in [1.807, 2.05) is 42.2 Å². The molecule has 0 bridgehead atoms. The van der Waals surface area contributed by atoms with Crippen molar-refractivity contribution in [3.63, 3.8) is 0 Å². The van der Waals surface area contributed by atoms with Crippen molar-refractivity contribution in [2.75, 3.05) is 0 Å². The van der Waals surface area contributed by atoms with Gasteiger partial charge in [0, 0.05) is 17.6 Å². The summed E-state index contributed by atoms with van der Waals surface area (Å²) in [5, 5.41) is 4.13. The van der Waals surface area contributed by atoms with Gasteiger partial charge >= 0.3 is 0 Å². The van der Waals surface area contributed by atoms with E-state index in [1.165, 1.54) is 6.42 Å². The van der Waals surface area contributed by atoms with Crippen LogP contribution in [0.5, 0.6) is 0 Å². The fraction of sp³-hybridized carbons (Fsp3) is 0.444. The molecule has 0 saturated carbocycles. The van der Waals surface area contributed by atoms with Gasteiger partial charge < -0.3 is 9.42 Å². The SMILES string of the molecule is Cc1onc(-c2ccccc2)c1C(=O)N1C(C)CCCC1C. The largest absolute Gasteiger partial charge is 0.360 e. The van der Waals surface area contributed by atoms with Crippen LogP contribution in [0.4, 0.5) is 0 Å². The van der Waals surface area contributed by atoms with Crippen molar-refractivity contribution in [2.45, 2.75) is 52.1 Å². The first-order valence-corrected chi connectivity index (χ1v) is 7.94. The summed E-state index contributed by atoms with van der Waals surface area (Å²) in [6, 6.07) is 10.3. The van der Waals surface area contributed by atoms with Crippen molar-refractivity contribution in [1.82, 2.24) is 10.1 Å². The number of aryl methyl sites for hydroxylation is 1. The fourth-order valence-corrected chi connectivity index (χ4v) is 3.37. The maximum Gasteiger partial charge on any atom is 0.260 e. The minimum Gasteiger partial charge on any atom is -0.360 e. The molecule has 1 aliphatic rings. The lowest BCUT2D eigenvalue weighted by molar-refractivity contribution is 0.0509. The number of benzene rings is 1. The highest BCUT2D eigenvalue weighted by molar-refractivity contribution is 6.01. The number of carbonyl (C=O) groups excluding carboxylic acids is 1. The van der Waals surface area contributed by atoms with Crippen LogP contribution in [0.25, 0.3) is 11.3 Å². The lowest BCUT2D eigenvalue weighted by atomic mass is 9.95. The Morgan fingerprint density at radius 1 is 1.18 bits per heavy atom. The predicted octanol–water partition coefficient (Wildman–Crippen LogP) is 4.05. The molecule has 1 aliphatic heterocycles.